The first-order chi connectivity index (χ1) is 11.3. The third kappa shape index (κ3) is 5.33. The number of rotatable bonds is 7. The smallest absolute Gasteiger partial charge is 0.225 e. The summed E-state index contributed by atoms with van der Waals surface area (Å²) in [5.74, 6) is -0.520. The van der Waals surface area contributed by atoms with Gasteiger partial charge in [-0.1, -0.05) is 11.6 Å². The molecule has 0 aliphatic rings. The Morgan fingerprint density at radius 2 is 2.12 bits per heavy atom. The van der Waals surface area contributed by atoms with Crippen molar-refractivity contribution in [3.8, 4) is 0 Å². The summed E-state index contributed by atoms with van der Waals surface area (Å²) >= 11 is 5.64. The second-order valence-electron chi connectivity index (χ2n) is 5.10. The summed E-state index contributed by atoms with van der Waals surface area (Å²) in [5.41, 5.74) is 0.336. The van der Waals surface area contributed by atoms with Crippen LogP contribution in [0.4, 0.5) is 10.1 Å². The van der Waals surface area contributed by atoms with Crippen molar-refractivity contribution in [1.29, 1.82) is 0 Å². The molecule has 1 N–H and O–H groups in total. The highest BCUT2D eigenvalue weighted by Crippen LogP contribution is 2.19. The number of carbonyl (C=O) groups excluding carboxylic acids is 1. The van der Waals surface area contributed by atoms with Crippen LogP contribution in [0.25, 0.3) is 0 Å². The van der Waals surface area contributed by atoms with E-state index in [0.717, 1.165) is 16.6 Å². The second-order valence-corrected chi connectivity index (χ2v) is 7.49. The molecule has 0 unspecified atom stereocenters. The summed E-state index contributed by atoms with van der Waals surface area (Å²) in [5, 5.41) is 2.43. The molecule has 6 nitrogen and oxygen atoms in total. The molecule has 1 amide bonds. The molecule has 24 heavy (non-hydrogen) atoms. The van der Waals surface area contributed by atoms with Crippen LogP contribution in [0.2, 0.25) is 5.02 Å². The Hall–Kier alpha value is -1.90. The normalized spacial score (nSPS) is 11.7. The van der Waals surface area contributed by atoms with Crippen molar-refractivity contribution in [3.05, 3.63) is 53.2 Å². The van der Waals surface area contributed by atoms with Crippen LogP contribution in [0.1, 0.15) is 12.2 Å². The summed E-state index contributed by atoms with van der Waals surface area (Å²) in [6.45, 7) is 0.0295. The van der Waals surface area contributed by atoms with Gasteiger partial charge in [0.2, 0.25) is 15.9 Å². The molecule has 0 aliphatic carbocycles. The summed E-state index contributed by atoms with van der Waals surface area (Å²) in [6, 6.07) is 7.10. The number of furan rings is 1. The fourth-order valence-electron chi connectivity index (χ4n) is 1.96. The maximum Gasteiger partial charge on any atom is 0.225 e. The number of amides is 1. The van der Waals surface area contributed by atoms with Crippen molar-refractivity contribution in [2.24, 2.45) is 0 Å². The predicted molar refractivity (Wildman–Crippen MR) is 88.6 cm³/mol. The Bertz CT molecular complexity index is 809. The number of carbonyl (C=O) groups is 1. The molecule has 0 atom stereocenters. The van der Waals surface area contributed by atoms with Gasteiger partial charge in [0.05, 0.1) is 24.1 Å². The Kier molecular flexibility index (Phi) is 5.98. The Morgan fingerprint density at radius 3 is 2.71 bits per heavy atom. The van der Waals surface area contributed by atoms with Gasteiger partial charge in [-0.15, -0.1) is 0 Å². The molecule has 0 saturated carbocycles. The van der Waals surface area contributed by atoms with Gasteiger partial charge in [0.25, 0.3) is 0 Å². The van der Waals surface area contributed by atoms with Gasteiger partial charge in [0.1, 0.15) is 11.6 Å². The molecule has 9 heteroatoms. The van der Waals surface area contributed by atoms with E-state index in [4.69, 9.17) is 16.0 Å². The second kappa shape index (κ2) is 7.78. The molecule has 0 saturated heterocycles. The first-order valence-electron chi connectivity index (χ1n) is 6.98. The highest BCUT2D eigenvalue weighted by atomic mass is 35.5. The van der Waals surface area contributed by atoms with Crippen LogP contribution in [0.15, 0.2) is 41.0 Å². The van der Waals surface area contributed by atoms with Crippen LogP contribution in [0.5, 0.6) is 0 Å². The van der Waals surface area contributed by atoms with E-state index in [1.807, 2.05) is 0 Å². The molecule has 1 aromatic carbocycles. The van der Waals surface area contributed by atoms with Crippen LogP contribution in [0.3, 0.4) is 0 Å². The van der Waals surface area contributed by atoms with Crippen molar-refractivity contribution in [1.82, 2.24) is 4.31 Å². The maximum atomic E-state index is 13.1. The first kappa shape index (κ1) is 18.4. The highest BCUT2D eigenvalue weighted by molar-refractivity contribution is 7.88. The van der Waals surface area contributed by atoms with Crippen molar-refractivity contribution in [3.63, 3.8) is 0 Å². The van der Waals surface area contributed by atoms with Gasteiger partial charge < -0.3 is 9.73 Å². The van der Waals surface area contributed by atoms with E-state index in [0.29, 0.717) is 11.4 Å². The minimum Gasteiger partial charge on any atom is -0.468 e. The lowest BCUT2D eigenvalue weighted by Crippen LogP contribution is -2.32. The molecule has 0 radical (unpaired) electrons. The molecule has 0 spiro atoms. The van der Waals surface area contributed by atoms with E-state index in [1.165, 1.54) is 18.4 Å². The monoisotopic (exact) mass is 374 g/mol. The number of nitrogens with zero attached hydrogens (tertiary/aromatic N) is 1. The fraction of sp³-hybridized carbons (Fsp3) is 0.267. The van der Waals surface area contributed by atoms with Crippen LogP contribution < -0.4 is 5.32 Å². The minimum absolute atomic E-state index is 0.0136. The van der Waals surface area contributed by atoms with Crippen molar-refractivity contribution in [2.45, 2.75) is 13.0 Å². The van der Waals surface area contributed by atoms with Crippen molar-refractivity contribution < 1.29 is 22.0 Å². The maximum absolute atomic E-state index is 13.1. The molecule has 2 rings (SSSR count). The Balaban J connectivity index is 1.95. The third-order valence-electron chi connectivity index (χ3n) is 3.17. The zero-order valence-corrected chi connectivity index (χ0v) is 14.4. The average molecular weight is 375 g/mol. The average Bonchev–Trinajstić information content (AvgIpc) is 2.99. The Labute approximate surface area is 144 Å². The predicted octanol–water partition coefficient (Wildman–Crippen LogP) is 2.86. The van der Waals surface area contributed by atoms with E-state index in [2.05, 4.69) is 5.32 Å². The number of benzene rings is 1. The number of halogens is 2. The van der Waals surface area contributed by atoms with E-state index in [9.17, 15) is 17.6 Å². The number of nitrogens with one attached hydrogen (secondary N) is 1. The summed E-state index contributed by atoms with van der Waals surface area (Å²) in [4.78, 5) is 11.9. The largest absolute Gasteiger partial charge is 0.468 e. The summed E-state index contributed by atoms with van der Waals surface area (Å²) in [6.07, 6.45) is 2.44. The van der Waals surface area contributed by atoms with E-state index >= 15 is 0 Å². The van der Waals surface area contributed by atoms with E-state index in [1.54, 1.807) is 12.1 Å². The number of hydrogen-bond acceptors (Lipinski definition) is 4. The van der Waals surface area contributed by atoms with Crippen LogP contribution >= 0.6 is 11.6 Å². The van der Waals surface area contributed by atoms with Gasteiger partial charge in [0, 0.05) is 18.7 Å². The first-order valence-corrected chi connectivity index (χ1v) is 9.21. The lowest BCUT2D eigenvalue weighted by Gasteiger charge is -2.18. The van der Waals surface area contributed by atoms with Gasteiger partial charge >= 0.3 is 0 Å². The zero-order chi connectivity index (χ0) is 17.7. The molecular formula is C15H16ClFN2O4S. The molecular weight excluding hydrogens is 359 g/mol. The molecule has 130 valence electrons. The van der Waals surface area contributed by atoms with E-state index in [-0.39, 0.29) is 24.5 Å². The molecule has 1 heterocycles. The van der Waals surface area contributed by atoms with Gasteiger partial charge in [-0.05, 0) is 30.3 Å². The lowest BCUT2D eigenvalue weighted by molar-refractivity contribution is -0.116. The Morgan fingerprint density at radius 1 is 1.38 bits per heavy atom. The molecule has 1 aromatic heterocycles. The summed E-state index contributed by atoms with van der Waals surface area (Å²) < 4.78 is 43.0. The van der Waals surface area contributed by atoms with Crippen molar-refractivity contribution in [2.75, 3.05) is 18.1 Å². The van der Waals surface area contributed by atoms with Gasteiger partial charge in [-0.3, -0.25) is 4.79 Å². The van der Waals surface area contributed by atoms with E-state index < -0.39 is 21.7 Å². The van der Waals surface area contributed by atoms with Crippen LogP contribution in [-0.2, 0) is 21.4 Å². The quantitative estimate of drug-likeness (QED) is 0.808. The highest BCUT2D eigenvalue weighted by Gasteiger charge is 2.19. The molecule has 0 fully saturated rings. The number of sulfonamides is 1. The topological polar surface area (TPSA) is 79.6 Å². The number of anilines is 1. The van der Waals surface area contributed by atoms with Crippen LogP contribution in [0, 0.1) is 5.82 Å². The standard InChI is InChI=1S/C15H16ClFN2O4S/c1-24(21,22)19(10-12-3-2-8-23-12)7-6-15(20)18-11-4-5-14(17)13(16)9-11/h2-5,8-9H,6-7,10H2,1H3,(H,18,20). The SMILES string of the molecule is CS(=O)(=O)N(CCC(=O)Nc1ccc(F)c(Cl)c1)Cc1ccco1. The molecule has 0 bridgehead atoms. The van der Waals surface area contributed by atoms with Crippen molar-refractivity contribution >= 4 is 33.2 Å². The number of hydrogen-bond donors (Lipinski definition) is 1. The molecule has 2 aromatic rings. The van der Waals surface area contributed by atoms with Gasteiger partial charge in [0.15, 0.2) is 0 Å². The summed E-state index contributed by atoms with van der Waals surface area (Å²) in [7, 11) is -3.50. The van der Waals surface area contributed by atoms with Crippen LogP contribution in [-0.4, -0.2) is 31.4 Å². The minimum atomic E-state index is -3.50. The lowest BCUT2D eigenvalue weighted by atomic mass is 10.3. The van der Waals surface area contributed by atoms with Gasteiger partial charge in [-0.25, -0.2) is 12.8 Å². The van der Waals surface area contributed by atoms with Gasteiger partial charge in [-0.2, -0.15) is 4.31 Å². The third-order valence-corrected chi connectivity index (χ3v) is 4.71. The zero-order valence-electron chi connectivity index (χ0n) is 12.8. The fourth-order valence-corrected chi connectivity index (χ4v) is 2.93. The molecule has 0 aliphatic heterocycles.